The van der Waals surface area contributed by atoms with Crippen LogP contribution in [0.5, 0.6) is 0 Å². The normalized spacial score (nSPS) is 12.7. The second-order valence-electron chi connectivity index (χ2n) is 6.01. The Bertz CT molecular complexity index is 872. The van der Waals surface area contributed by atoms with Crippen molar-refractivity contribution >= 4 is 28.7 Å². The van der Waals surface area contributed by atoms with Gasteiger partial charge in [-0.1, -0.05) is 35.3 Å². The van der Waals surface area contributed by atoms with Crippen molar-refractivity contribution in [3.63, 3.8) is 0 Å². The van der Waals surface area contributed by atoms with Crippen LogP contribution in [-0.4, -0.2) is 27.9 Å². The minimum absolute atomic E-state index is 0.543. The number of halogens is 2. The topological polar surface area (TPSA) is 46.8 Å². The molecule has 3 rings (SSSR count). The van der Waals surface area contributed by atoms with E-state index in [1.807, 2.05) is 25.1 Å². The number of aliphatic hydroxyl groups is 1. The predicted octanol–water partition coefficient (Wildman–Crippen LogP) is 4.44. The zero-order valence-electron chi connectivity index (χ0n) is 14.2. The summed E-state index contributed by atoms with van der Waals surface area (Å²) in [5.74, 6) is 0.886. The van der Waals surface area contributed by atoms with Crippen LogP contribution in [0.3, 0.4) is 0 Å². The number of pyridine rings is 1. The van der Waals surface area contributed by atoms with E-state index in [4.69, 9.17) is 32.9 Å². The molecule has 0 saturated heterocycles. The molecule has 1 N–H and O–H groups in total. The van der Waals surface area contributed by atoms with Gasteiger partial charge in [0.2, 0.25) is 0 Å². The van der Waals surface area contributed by atoms with E-state index in [1.165, 1.54) is 7.11 Å². The number of aryl methyl sites for hydroxylation is 2. The summed E-state index contributed by atoms with van der Waals surface area (Å²) in [6.45, 7) is 1.99. The maximum Gasteiger partial charge on any atom is 0.154 e. The van der Waals surface area contributed by atoms with E-state index >= 15 is 0 Å². The molecule has 0 saturated carbocycles. The van der Waals surface area contributed by atoms with E-state index in [1.54, 1.807) is 0 Å². The Kier molecular flexibility index (Phi) is 5.64. The quantitative estimate of drug-likeness (QED) is 0.645. The molecule has 132 valence electrons. The van der Waals surface area contributed by atoms with Gasteiger partial charge >= 0.3 is 0 Å². The van der Waals surface area contributed by atoms with Crippen LogP contribution in [-0.2, 0) is 17.6 Å². The van der Waals surface area contributed by atoms with Crippen molar-refractivity contribution < 1.29 is 9.84 Å². The monoisotopic (exact) mass is 378 g/mol. The number of ether oxygens (including phenoxy) is 1. The number of hydrogen-bond donors (Lipinski definition) is 1. The lowest BCUT2D eigenvalue weighted by molar-refractivity contribution is -0.0777. The summed E-state index contributed by atoms with van der Waals surface area (Å²) >= 11 is 12.6. The van der Waals surface area contributed by atoms with E-state index in [-0.39, 0.29) is 0 Å². The zero-order valence-corrected chi connectivity index (χ0v) is 15.7. The van der Waals surface area contributed by atoms with Crippen LogP contribution >= 0.6 is 23.2 Å². The van der Waals surface area contributed by atoms with Gasteiger partial charge in [0, 0.05) is 36.2 Å². The van der Waals surface area contributed by atoms with E-state index in [9.17, 15) is 5.11 Å². The van der Waals surface area contributed by atoms with Gasteiger partial charge in [-0.25, -0.2) is 4.98 Å². The zero-order chi connectivity index (χ0) is 18.0. The third kappa shape index (κ3) is 3.98. The molecule has 0 aliphatic carbocycles. The Hall–Kier alpha value is -1.59. The van der Waals surface area contributed by atoms with E-state index < -0.39 is 6.29 Å². The molecule has 1 aromatic carbocycles. The molecule has 0 amide bonds. The van der Waals surface area contributed by atoms with Gasteiger partial charge < -0.3 is 14.2 Å². The molecule has 6 heteroatoms. The Morgan fingerprint density at radius 3 is 2.60 bits per heavy atom. The Balaban J connectivity index is 1.95. The van der Waals surface area contributed by atoms with Gasteiger partial charge in [-0.15, -0.1) is 0 Å². The third-order valence-corrected chi connectivity index (χ3v) is 5.01. The summed E-state index contributed by atoms with van der Waals surface area (Å²) in [5.41, 5.74) is 3.99. The SMILES string of the molecule is COC(O)CCc1ccc2c(C)nc(Cc3c(Cl)cccc3Cl)n2c1. The molecule has 1 atom stereocenters. The largest absolute Gasteiger partial charge is 0.368 e. The molecule has 0 fully saturated rings. The first-order valence-corrected chi connectivity index (χ1v) is 8.85. The molecule has 0 aliphatic heterocycles. The Morgan fingerprint density at radius 1 is 1.20 bits per heavy atom. The number of aliphatic hydroxyl groups excluding tert-OH is 1. The number of benzene rings is 1. The highest BCUT2D eigenvalue weighted by Crippen LogP contribution is 2.27. The van der Waals surface area contributed by atoms with Gasteiger partial charge in [0.25, 0.3) is 0 Å². The fourth-order valence-corrected chi connectivity index (χ4v) is 3.43. The number of aromatic nitrogens is 2. The van der Waals surface area contributed by atoms with Gasteiger partial charge in [-0.2, -0.15) is 0 Å². The molecule has 25 heavy (non-hydrogen) atoms. The highest BCUT2D eigenvalue weighted by molar-refractivity contribution is 6.36. The highest BCUT2D eigenvalue weighted by Gasteiger charge is 2.13. The van der Waals surface area contributed by atoms with Crippen LogP contribution in [0.2, 0.25) is 10.0 Å². The summed E-state index contributed by atoms with van der Waals surface area (Å²) in [7, 11) is 1.50. The second kappa shape index (κ2) is 7.75. The van der Waals surface area contributed by atoms with E-state index in [2.05, 4.69) is 22.7 Å². The summed E-state index contributed by atoms with van der Waals surface area (Å²) in [4.78, 5) is 4.69. The molecule has 2 heterocycles. The molecule has 0 spiro atoms. The van der Waals surface area contributed by atoms with Gasteiger partial charge in [0.1, 0.15) is 5.82 Å². The van der Waals surface area contributed by atoms with Gasteiger partial charge in [0.15, 0.2) is 6.29 Å². The maximum absolute atomic E-state index is 9.58. The predicted molar refractivity (Wildman–Crippen MR) is 101 cm³/mol. The second-order valence-corrected chi connectivity index (χ2v) is 6.83. The number of rotatable bonds is 6. The van der Waals surface area contributed by atoms with Gasteiger partial charge in [0.05, 0.1) is 11.2 Å². The van der Waals surface area contributed by atoms with Crippen LogP contribution in [0, 0.1) is 6.92 Å². The lowest BCUT2D eigenvalue weighted by Gasteiger charge is -2.10. The molecule has 4 nitrogen and oxygen atoms in total. The average molecular weight is 379 g/mol. The minimum atomic E-state index is -0.748. The highest BCUT2D eigenvalue weighted by atomic mass is 35.5. The van der Waals surface area contributed by atoms with Crippen molar-refractivity contribution in [3.05, 3.63) is 69.2 Å². The van der Waals surface area contributed by atoms with Crippen LogP contribution < -0.4 is 0 Å². The molecular weight excluding hydrogens is 359 g/mol. The lowest BCUT2D eigenvalue weighted by Crippen LogP contribution is -2.10. The minimum Gasteiger partial charge on any atom is -0.368 e. The molecule has 0 radical (unpaired) electrons. The van der Waals surface area contributed by atoms with Crippen molar-refractivity contribution in [2.24, 2.45) is 0 Å². The average Bonchev–Trinajstić information content (AvgIpc) is 2.91. The fraction of sp³-hybridized carbons (Fsp3) is 0.316. The summed E-state index contributed by atoms with van der Waals surface area (Å²) in [6.07, 6.45) is 3.12. The number of hydrogen-bond acceptors (Lipinski definition) is 3. The van der Waals surface area contributed by atoms with E-state index in [0.29, 0.717) is 29.3 Å². The first kappa shape index (κ1) is 18.2. The van der Waals surface area contributed by atoms with Crippen molar-refractivity contribution in [2.75, 3.05) is 7.11 Å². The number of imidazole rings is 1. The molecule has 0 aliphatic rings. The van der Waals surface area contributed by atoms with Crippen molar-refractivity contribution in [3.8, 4) is 0 Å². The number of fused-ring (bicyclic) bond motifs is 1. The standard InChI is InChI=1S/C19H20Cl2N2O2/c1-12-17-8-6-13(7-9-19(24)25-2)11-23(17)18(22-12)10-14-15(20)4-3-5-16(14)21/h3-6,8,11,19,24H,7,9-10H2,1-2H3. The van der Waals surface area contributed by atoms with Crippen LogP contribution in [0.15, 0.2) is 36.5 Å². The van der Waals surface area contributed by atoms with Crippen LogP contribution in [0.25, 0.3) is 5.52 Å². The first-order valence-electron chi connectivity index (χ1n) is 8.10. The lowest BCUT2D eigenvalue weighted by atomic mass is 10.1. The fourth-order valence-electron chi connectivity index (χ4n) is 2.90. The van der Waals surface area contributed by atoms with Crippen molar-refractivity contribution in [1.82, 2.24) is 9.38 Å². The molecular formula is C19H20Cl2N2O2. The Morgan fingerprint density at radius 2 is 1.92 bits per heavy atom. The van der Waals surface area contributed by atoms with Crippen molar-refractivity contribution in [2.45, 2.75) is 32.5 Å². The summed E-state index contributed by atoms with van der Waals surface area (Å²) < 4.78 is 6.97. The number of methoxy groups -OCH3 is 1. The smallest absolute Gasteiger partial charge is 0.154 e. The van der Waals surface area contributed by atoms with Crippen molar-refractivity contribution in [1.29, 1.82) is 0 Å². The molecule has 1 unspecified atom stereocenters. The van der Waals surface area contributed by atoms with Gasteiger partial charge in [-0.05, 0) is 42.7 Å². The maximum atomic E-state index is 9.58. The molecule has 2 aromatic heterocycles. The summed E-state index contributed by atoms with van der Waals surface area (Å²) in [6, 6.07) is 9.61. The van der Waals surface area contributed by atoms with Crippen LogP contribution in [0.1, 0.15) is 29.1 Å². The third-order valence-electron chi connectivity index (χ3n) is 4.30. The van der Waals surface area contributed by atoms with Gasteiger partial charge in [-0.3, -0.25) is 0 Å². The van der Waals surface area contributed by atoms with Crippen LogP contribution in [0.4, 0.5) is 0 Å². The molecule has 0 bridgehead atoms. The Labute approximate surface area is 157 Å². The molecule has 3 aromatic rings. The first-order chi connectivity index (χ1) is 12.0. The number of nitrogens with zero attached hydrogens (tertiary/aromatic N) is 2. The summed E-state index contributed by atoms with van der Waals surface area (Å²) in [5, 5.41) is 10.9. The van der Waals surface area contributed by atoms with E-state index in [0.717, 1.165) is 28.2 Å².